The molecule has 0 heterocycles. The summed E-state index contributed by atoms with van der Waals surface area (Å²) < 4.78 is 44.3. The van der Waals surface area contributed by atoms with Crippen LogP contribution in [0.25, 0.3) is 0 Å². The molecule has 0 saturated heterocycles. The number of nitrogens with zero attached hydrogens (tertiary/aromatic N) is 1. The number of amides is 1. The number of carbonyl (C=O) groups is 1. The van der Waals surface area contributed by atoms with E-state index in [9.17, 15) is 17.6 Å². The van der Waals surface area contributed by atoms with Crippen LogP contribution in [0.15, 0.2) is 41.3 Å². The van der Waals surface area contributed by atoms with Gasteiger partial charge in [0.25, 0.3) is 5.91 Å². The zero-order valence-corrected chi connectivity index (χ0v) is 16.9. The van der Waals surface area contributed by atoms with Crippen LogP contribution in [0.1, 0.15) is 28.9 Å². The van der Waals surface area contributed by atoms with Crippen molar-refractivity contribution in [2.24, 2.45) is 0 Å². The molecule has 0 spiro atoms. The van der Waals surface area contributed by atoms with Crippen LogP contribution in [0.4, 0.5) is 4.39 Å². The molecule has 0 saturated carbocycles. The molecule has 2 rings (SSSR count). The van der Waals surface area contributed by atoms with E-state index in [1.54, 1.807) is 13.0 Å². The van der Waals surface area contributed by atoms with Gasteiger partial charge >= 0.3 is 0 Å². The van der Waals surface area contributed by atoms with Crippen molar-refractivity contribution in [2.45, 2.75) is 17.9 Å². The Morgan fingerprint density at radius 2 is 1.89 bits per heavy atom. The van der Waals surface area contributed by atoms with E-state index in [-0.39, 0.29) is 21.2 Å². The third-order valence-corrected chi connectivity index (χ3v) is 6.13. The third-order valence-electron chi connectivity index (χ3n) is 3.98. The third kappa shape index (κ3) is 4.58. The van der Waals surface area contributed by atoms with Crippen molar-refractivity contribution in [1.82, 2.24) is 9.62 Å². The van der Waals surface area contributed by atoms with E-state index in [2.05, 4.69) is 5.32 Å². The molecule has 0 radical (unpaired) electrons. The minimum absolute atomic E-state index is 0.0143. The fraction of sp³-hybridized carbons (Fsp3) is 0.278. The summed E-state index contributed by atoms with van der Waals surface area (Å²) >= 11 is 6.07. The Bertz CT molecular complexity index is 964. The van der Waals surface area contributed by atoms with Gasteiger partial charge in [0.1, 0.15) is 0 Å². The number of carbonyl (C=O) groups excluding carboxylic acids is 1. The quantitative estimate of drug-likeness (QED) is 0.787. The van der Waals surface area contributed by atoms with Gasteiger partial charge in [-0.3, -0.25) is 4.79 Å². The molecule has 2 aromatic rings. The van der Waals surface area contributed by atoms with E-state index in [0.29, 0.717) is 5.56 Å². The lowest BCUT2D eigenvalue weighted by Gasteiger charge is -2.17. The van der Waals surface area contributed by atoms with Crippen LogP contribution in [-0.2, 0) is 10.0 Å². The van der Waals surface area contributed by atoms with Crippen LogP contribution in [0.2, 0.25) is 5.02 Å². The van der Waals surface area contributed by atoms with E-state index in [1.165, 1.54) is 51.5 Å². The molecular formula is C18H20ClFN2O4S. The van der Waals surface area contributed by atoms with Gasteiger partial charge in [0.05, 0.1) is 28.6 Å². The summed E-state index contributed by atoms with van der Waals surface area (Å²) in [6, 6.07) is 7.71. The molecule has 0 aliphatic heterocycles. The van der Waals surface area contributed by atoms with Crippen LogP contribution < -0.4 is 10.1 Å². The lowest BCUT2D eigenvalue weighted by atomic mass is 10.1. The Labute approximate surface area is 162 Å². The summed E-state index contributed by atoms with van der Waals surface area (Å²) in [5.74, 6) is -1.02. The van der Waals surface area contributed by atoms with E-state index in [0.717, 1.165) is 4.31 Å². The average molecular weight is 415 g/mol. The highest BCUT2D eigenvalue weighted by molar-refractivity contribution is 7.89. The fourth-order valence-electron chi connectivity index (χ4n) is 2.36. The van der Waals surface area contributed by atoms with Crippen LogP contribution in [0.5, 0.6) is 5.75 Å². The predicted molar refractivity (Wildman–Crippen MR) is 101 cm³/mol. The number of hydrogen-bond acceptors (Lipinski definition) is 4. The fourth-order valence-corrected chi connectivity index (χ4v) is 3.49. The lowest BCUT2D eigenvalue weighted by Crippen LogP contribution is -2.28. The highest BCUT2D eigenvalue weighted by atomic mass is 35.5. The molecule has 1 atom stereocenters. The molecule has 1 unspecified atom stereocenters. The largest absolute Gasteiger partial charge is 0.494 e. The highest BCUT2D eigenvalue weighted by Gasteiger charge is 2.22. The Hall–Kier alpha value is -2.16. The maximum atomic E-state index is 13.9. The standard InChI is InChI=1S/C18H20ClFN2O4S/c1-11(12-5-8-17(26-4)16(20)9-12)21-18(23)14-10-13(6-7-15(14)19)27(24,25)22(2)3/h5-11H,1-4H3,(H,21,23). The van der Waals surface area contributed by atoms with Crippen molar-refractivity contribution in [3.8, 4) is 5.75 Å². The Balaban J connectivity index is 2.29. The SMILES string of the molecule is COc1ccc(C(C)NC(=O)c2cc(S(=O)(=O)N(C)C)ccc2Cl)cc1F. The van der Waals surface area contributed by atoms with Gasteiger partial charge in [0.2, 0.25) is 10.0 Å². The van der Waals surface area contributed by atoms with Crippen LogP contribution in [0, 0.1) is 5.82 Å². The second-order valence-corrected chi connectivity index (χ2v) is 8.58. The van der Waals surface area contributed by atoms with Crippen molar-refractivity contribution in [3.05, 3.63) is 58.4 Å². The average Bonchev–Trinajstić information content (AvgIpc) is 2.61. The smallest absolute Gasteiger partial charge is 0.253 e. The molecule has 1 amide bonds. The summed E-state index contributed by atoms with van der Waals surface area (Å²) in [6.07, 6.45) is 0. The number of hydrogen-bond donors (Lipinski definition) is 1. The van der Waals surface area contributed by atoms with Gasteiger partial charge in [0, 0.05) is 14.1 Å². The van der Waals surface area contributed by atoms with Gasteiger partial charge < -0.3 is 10.1 Å². The number of methoxy groups -OCH3 is 1. The summed E-state index contributed by atoms with van der Waals surface area (Å²) in [5.41, 5.74) is 0.537. The lowest BCUT2D eigenvalue weighted by molar-refractivity contribution is 0.0939. The molecule has 0 fully saturated rings. The van der Waals surface area contributed by atoms with Gasteiger partial charge in [0.15, 0.2) is 11.6 Å². The Morgan fingerprint density at radius 3 is 2.44 bits per heavy atom. The van der Waals surface area contributed by atoms with E-state index >= 15 is 0 Å². The molecule has 2 aromatic carbocycles. The second-order valence-electron chi connectivity index (χ2n) is 6.02. The van der Waals surface area contributed by atoms with Crippen LogP contribution in [0.3, 0.4) is 0 Å². The minimum atomic E-state index is -3.71. The number of benzene rings is 2. The van der Waals surface area contributed by atoms with Gasteiger partial charge in [-0.25, -0.2) is 17.1 Å². The predicted octanol–water partition coefficient (Wildman–Crippen LogP) is 3.23. The number of ether oxygens (including phenoxy) is 1. The molecule has 9 heteroatoms. The minimum Gasteiger partial charge on any atom is -0.494 e. The van der Waals surface area contributed by atoms with Gasteiger partial charge in [-0.2, -0.15) is 0 Å². The first kappa shape index (κ1) is 21.1. The number of rotatable bonds is 6. The van der Waals surface area contributed by atoms with E-state index in [1.807, 2.05) is 0 Å². The second kappa shape index (κ2) is 8.24. The molecule has 0 bridgehead atoms. The van der Waals surface area contributed by atoms with Crippen molar-refractivity contribution in [1.29, 1.82) is 0 Å². The molecule has 1 N–H and O–H groups in total. The molecule has 0 aliphatic rings. The number of nitrogens with one attached hydrogen (secondary N) is 1. The van der Waals surface area contributed by atoms with Gasteiger partial charge in [-0.05, 0) is 42.8 Å². The van der Waals surface area contributed by atoms with Crippen molar-refractivity contribution in [3.63, 3.8) is 0 Å². The van der Waals surface area contributed by atoms with E-state index < -0.39 is 27.8 Å². The van der Waals surface area contributed by atoms with Crippen LogP contribution >= 0.6 is 11.6 Å². The number of halogens is 2. The van der Waals surface area contributed by atoms with E-state index in [4.69, 9.17) is 16.3 Å². The maximum Gasteiger partial charge on any atom is 0.253 e. The normalized spacial score (nSPS) is 12.7. The zero-order valence-electron chi connectivity index (χ0n) is 15.3. The van der Waals surface area contributed by atoms with Crippen LogP contribution in [-0.4, -0.2) is 39.8 Å². The Kier molecular flexibility index (Phi) is 6.46. The molecule has 6 nitrogen and oxygen atoms in total. The molecule has 146 valence electrons. The first-order valence-corrected chi connectivity index (χ1v) is 9.76. The van der Waals surface area contributed by atoms with Crippen molar-refractivity contribution in [2.75, 3.05) is 21.2 Å². The molecule has 0 aliphatic carbocycles. The van der Waals surface area contributed by atoms with Crippen molar-refractivity contribution >= 4 is 27.5 Å². The van der Waals surface area contributed by atoms with Gasteiger partial charge in [-0.1, -0.05) is 17.7 Å². The number of sulfonamides is 1. The molecule has 0 aromatic heterocycles. The summed E-state index contributed by atoms with van der Waals surface area (Å²) in [7, 11) is 0.434. The maximum absolute atomic E-state index is 13.9. The van der Waals surface area contributed by atoms with Gasteiger partial charge in [-0.15, -0.1) is 0 Å². The summed E-state index contributed by atoms with van der Waals surface area (Å²) in [5, 5.41) is 2.80. The monoisotopic (exact) mass is 414 g/mol. The summed E-state index contributed by atoms with van der Waals surface area (Å²) in [4.78, 5) is 12.5. The zero-order chi connectivity index (χ0) is 20.4. The first-order valence-electron chi connectivity index (χ1n) is 7.94. The first-order chi connectivity index (χ1) is 12.6. The topological polar surface area (TPSA) is 75.7 Å². The highest BCUT2D eigenvalue weighted by Crippen LogP contribution is 2.25. The Morgan fingerprint density at radius 1 is 1.22 bits per heavy atom. The summed E-state index contributed by atoms with van der Waals surface area (Å²) in [6.45, 7) is 1.67. The van der Waals surface area contributed by atoms with Crippen molar-refractivity contribution < 1.29 is 22.3 Å². The molecule has 27 heavy (non-hydrogen) atoms. The molecular weight excluding hydrogens is 395 g/mol.